The van der Waals surface area contributed by atoms with E-state index in [-0.39, 0.29) is 24.2 Å². The van der Waals surface area contributed by atoms with Gasteiger partial charge >= 0.3 is 17.9 Å². The number of methoxy groups -OCH3 is 1. The number of carbonyl (C=O) groups excluding carboxylic acids is 3. The van der Waals surface area contributed by atoms with Crippen LogP contribution in [0.2, 0.25) is 0 Å². The molecule has 0 radical (unpaired) electrons. The van der Waals surface area contributed by atoms with Crippen LogP contribution < -0.4 is 0 Å². The second-order valence-corrected chi connectivity index (χ2v) is 10.6. The lowest BCUT2D eigenvalue weighted by molar-refractivity contribution is -0.305. The maximum atomic E-state index is 12.9. The zero-order chi connectivity index (χ0) is 24.3. The molecule has 0 bridgehead atoms. The highest BCUT2D eigenvalue weighted by Gasteiger charge is 2.73. The largest absolute Gasteiger partial charge is 0.469 e. The number of esters is 3. The molecule has 0 aromatic carbocycles. The quantitative estimate of drug-likeness (QED) is 0.539. The summed E-state index contributed by atoms with van der Waals surface area (Å²) < 4.78 is 22.4. The van der Waals surface area contributed by atoms with Crippen molar-refractivity contribution in [3.8, 4) is 0 Å². The molecule has 0 spiro atoms. The van der Waals surface area contributed by atoms with Crippen molar-refractivity contribution in [1.82, 2.24) is 0 Å². The van der Waals surface area contributed by atoms with Crippen LogP contribution in [0.5, 0.6) is 0 Å². The minimum Gasteiger partial charge on any atom is -0.469 e. The highest BCUT2D eigenvalue weighted by molar-refractivity contribution is 5.79. The molecule has 8 heteroatoms. The summed E-state index contributed by atoms with van der Waals surface area (Å²) in [6, 6.07) is 1.82. The van der Waals surface area contributed by atoms with Gasteiger partial charge in [-0.3, -0.25) is 14.4 Å². The van der Waals surface area contributed by atoms with Gasteiger partial charge in [-0.05, 0) is 30.7 Å². The summed E-state index contributed by atoms with van der Waals surface area (Å²) in [6.07, 6.45) is 1.96. The Morgan fingerprint density at radius 1 is 1.09 bits per heavy atom. The van der Waals surface area contributed by atoms with E-state index in [9.17, 15) is 19.5 Å². The van der Waals surface area contributed by atoms with Crippen molar-refractivity contribution in [2.45, 2.75) is 84.0 Å². The minimum atomic E-state index is -1.33. The summed E-state index contributed by atoms with van der Waals surface area (Å²) in [4.78, 5) is 37.0. The Hall–Kier alpha value is -2.35. The number of hydrogen-bond donors (Lipinski definition) is 1. The normalized spacial score (nSPS) is 38.8. The van der Waals surface area contributed by atoms with Crippen molar-refractivity contribution in [3.05, 3.63) is 23.7 Å². The van der Waals surface area contributed by atoms with Crippen molar-refractivity contribution in [2.75, 3.05) is 7.11 Å². The molecule has 1 aromatic rings. The molecule has 0 amide bonds. The molecule has 0 aliphatic heterocycles. The monoisotopic (exact) mass is 462 g/mol. The predicted molar refractivity (Wildman–Crippen MR) is 116 cm³/mol. The Labute approximate surface area is 193 Å². The number of rotatable bonds is 3. The molecule has 3 aliphatic rings. The van der Waals surface area contributed by atoms with Gasteiger partial charge in [-0.1, -0.05) is 20.8 Å². The molecule has 0 saturated heterocycles. The number of carbonyl (C=O) groups is 3. The molecule has 4 rings (SSSR count). The molecular formula is C25H34O8. The van der Waals surface area contributed by atoms with Gasteiger partial charge in [0.15, 0.2) is 0 Å². The van der Waals surface area contributed by atoms with Crippen LogP contribution in [0.4, 0.5) is 0 Å². The molecule has 33 heavy (non-hydrogen) atoms. The summed E-state index contributed by atoms with van der Waals surface area (Å²) in [5.74, 6) is -1.41. The first-order valence-electron chi connectivity index (χ1n) is 11.6. The van der Waals surface area contributed by atoms with E-state index in [1.807, 2.05) is 26.8 Å². The third kappa shape index (κ3) is 3.24. The summed E-state index contributed by atoms with van der Waals surface area (Å²) in [5, 5.41) is 12.4. The van der Waals surface area contributed by atoms with Gasteiger partial charge in [-0.25, -0.2) is 0 Å². The molecule has 7 unspecified atom stereocenters. The molecule has 2 fully saturated rings. The number of ether oxygens (including phenoxy) is 3. The zero-order valence-corrected chi connectivity index (χ0v) is 20.2. The van der Waals surface area contributed by atoms with Gasteiger partial charge in [0.05, 0.1) is 24.9 Å². The summed E-state index contributed by atoms with van der Waals surface area (Å²) >= 11 is 0. The van der Waals surface area contributed by atoms with Gasteiger partial charge in [-0.15, -0.1) is 0 Å². The van der Waals surface area contributed by atoms with Crippen LogP contribution in [-0.4, -0.2) is 47.9 Å². The first-order chi connectivity index (χ1) is 15.4. The molecular weight excluding hydrogens is 428 g/mol. The highest BCUT2D eigenvalue weighted by Crippen LogP contribution is 2.67. The molecule has 182 valence electrons. The van der Waals surface area contributed by atoms with Crippen molar-refractivity contribution >= 4 is 17.9 Å². The van der Waals surface area contributed by atoms with E-state index in [1.54, 1.807) is 6.26 Å². The first-order valence-corrected chi connectivity index (χ1v) is 11.6. The van der Waals surface area contributed by atoms with Gasteiger partial charge in [0.2, 0.25) is 0 Å². The van der Waals surface area contributed by atoms with Gasteiger partial charge in [0.1, 0.15) is 18.0 Å². The van der Waals surface area contributed by atoms with Crippen LogP contribution in [0.15, 0.2) is 16.7 Å². The first kappa shape index (κ1) is 23.8. The lowest BCUT2D eigenvalue weighted by atomic mass is 9.40. The fourth-order valence-corrected chi connectivity index (χ4v) is 7.30. The lowest BCUT2D eigenvalue weighted by Crippen LogP contribution is -2.75. The molecule has 8 nitrogen and oxygen atoms in total. The third-order valence-corrected chi connectivity index (χ3v) is 9.01. The molecule has 3 aliphatic carbocycles. The molecule has 2 saturated carbocycles. The van der Waals surface area contributed by atoms with Crippen LogP contribution in [0.25, 0.3) is 0 Å². The van der Waals surface area contributed by atoms with Crippen molar-refractivity contribution < 1.29 is 38.1 Å². The van der Waals surface area contributed by atoms with E-state index >= 15 is 0 Å². The zero-order valence-electron chi connectivity index (χ0n) is 20.2. The standard InChI is InChI=1S/C25H34O8/c1-13(26)32-19-12-20(33-14(2)27)24(5)17-11-18-16(8-10-31-18)21(22(28)30-6)15(17)7-9-25(24,29)23(19,3)4/h8,10,15,17,19-21,29H,7,9,11-12H2,1-6H3. The minimum absolute atomic E-state index is 0.119. The number of aliphatic hydroxyl groups is 1. The van der Waals surface area contributed by atoms with E-state index in [0.717, 1.165) is 5.56 Å². The maximum absolute atomic E-state index is 12.9. The van der Waals surface area contributed by atoms with Crippen LogP contribution >= 0.6 is 0 Å². The Balaban J connectivity index is 1.87. The predicted octanol–water partition coefficient (Wildman–Crippen LogP) is 3.15. The lowest BCUT2D eigenvalue weighted by Gasteiger charge is -2.68. The molecule has 1 N–H and O–H groups in total. The summed E-state index contributed by atoms with van der Waals surface area (Å²) in [5.41, 5.74) is -2.24. The van der Waals surface area contributed by atoms with E-state index in [2.05, 4.69) is 0 Å². The summed E-state index contributed by atoms with van der Waals surface area (Å²) in [7, 11) is 1.38. The Bertz CT molecular complexity index is 963. The third-order valence-electron chi connectivity index (χ3n) is 9.01. The Morgan fingerprint density at radius 2 is 1.73 bits per heavy atom. The van der Waals surface area contributed by atoms with Crippen molar-refractivity contribution in [3.63, 3.8) is 0 Å². The van der Waals surface area contributed by atoms with Crippen LogP contribution in [0.1, 0.15) is 71.1 Å². The Kier molecular flexibility index (Phi) is 5.67. The van der Waals surface area contributed by atoms with Gasteiger partial charge in [-0.2, -0.15) is 0 Å². The second-order valence-electron chi connectivity index (χ2n) is 10.6. The van der Waals surface area contributed by atoms with E-state index in [4.69, 9.17) is 18.6 Å². The number of hydrogen-bond acceptors (Lipinski definition) is 8. The van der Waals surface area contributed by atoms with Gasteiger partial charge in [0, 0.05) is 43.1 Å². The SMILES string of the molecule is COC(=O)C1c2ccoc2CC2C1CCC1(O)C(C)(C)C(OC(C)=O)CC(OC(C)=O)C21C. The average molecular weight is 463 g/mol. The van der Waals surface area contributed by atoms with Crippen molar-refractivity contribution in [2.24, 2.45) is 22.7 Å². The molecule has 1 heterocycles. The van der Waals surface area contributed by atoms with Crippen molar-refractivity contribution in [1.29, 1.82) is 0 Å². The maximum Gasteiger partial charge on any atom is 0.313 e. The molecule has 7 atom stereocenters. The fraction of sp³-hybridized carbons (Fsp3) is 0.720. The van der Waals surface area contributed by atoms with Gasteiger partial charge < -0.3 is 23.7 Å². The number of fused-ring (bicyclic) bond motifs is 4. The van der Waals surface area contributed by atoms with Crippen LogP contribution in [0, 0.1) is 22.7 Å². The van der Waals surface area contributed by atoms with E-state index in [0.29, 0.717) is 25.0 Å². The van der Waals surface area contributed by atoms with Gasteiger partial charge in [0.25, 0.3) is 0 Å². The van der Waals surface area contributed by atoms with Crippen LogP contribution in [0.3, 0.4) is 0 Å². The number of furan rings is 1. The Morgan fingerprint density at radius 3 is 2.33 bits per heavy atom. The van der Waals surface area contributed by atoms with E-state index in [1.165, 1.54) is 21.0 Å². The second kappa shape index (κ2) is 7.86. The smallest absolute Gasteiger partial charge is 0.313 e. The highest BCUT2D eigenvalue weighted by atomic mass is 16.6. The topological polar surface area (TPSA) is 112 Å². The molecule has 1 aromatic heterocycles. The summed E-state index contributed by atoms with van der Waals surface area (Å²) in [6.45, 7) is 8.44. The average Bonchev–Trinajstić information content (AvgIpc) is 3.20. The van der Waals surface area contributed by atoms with E-state index < -0.39 is 46.5 Å². The fourth-order valence-electron chi connectivity index (χ4n) is 7.30. The van der Waals surface area contributed by atoms with Crippen LogP contribution in [-0.2, 0) is 35.0 Å².